The molecule has 0 aromatic rings. The van der Waals surface area contributed by atoms with Gasteiger partial charge in [0.15, 0.2) is 21.5 Å². The molecular weight excluding hydrogens is 1530 g/mol. The standard InChI is InChI=1S/6C4F6S.2C3F6S/c5-1-2(6)11-4(9,10)3(1,7)8;5-3(6,7)1-2(11-1)4(8,9)10;5-1-2(6)4(8)11(9,10)3(1)7;5-1-2(6)4(9,10)11-3(1,7)8;5-1(2(6)7)4(9,10)3(8)11;5-3(6,7)2(1-11)4(8,9)10;4-1(5)2(6)10-3(7,8)9;4-1(10)2(5,6)3(7,8)9. The molecule has 86 heavy (non-hydrogen) atoms. The summed E-state index contributed by atoms with van der Waals surface area (Å²) >= 11 is 5.49. The second-order valence-electron chi connectivity index (χ2n) is 12.3. The van der Waals surface area contributed by atoms with Gasteiger partial charge in [-0.05, 0) is 53.4 Å². The zero-order valence-corrected chi connectivity index (χ0v) is 42.9. The summed E-state index contributed by atoms with van der Waals surface area (Å²) in [5.74, 6) is -31.6. The first-order valence-electron chi connectivity index (χ1n) is 16.9. The van der Waals surface area contributed by atoms with Crippen molar-refractivity contribution in [1.29, 1.82) is 0 Å². The Bertz CT molecular complexity index is 2580. The Labute approximate surface area is 471 Å². The minimum atomic E-state index is -5.93. The van der Waals surface area contributed by atoms with E-state index in [-0.39, 0.29) is 11.8 Å². The van der Waals surface area contributed by atoms with Gasteiger partial charge in [-0.3, -0.25) is 0 Å². The van der Waals surface area contributed by atoms with Crippen molar-refractivity contribution in [2.45, 2.75) is 69.9 Å². The van der Waals surface area contributed by atoms with E-state index in [9.17, 15) is 210 Å². The molecule has 0 bridgehead atoms. The lowest BCUT2D eigenvalue weighted by Crippen LogP contribution is -2.41. The third-order valence-electron chi connectivity index (χ3n) is 6.18. The Hall–Kier alpha value is -3.38. The molecule has 4 rings (SSSR count). The van der Waals surface area contributed by atoms with Crippen molar-refractivity contribution in [2.75, 3.05) is 0 Å². The van der Waals surface area contributed by atoms with Crippen LogP contribution in [0, 0.1) is 0 Å². The van der Waals surface area contributed by atoms with E-state index in [2.05, 4.69) is 36.7 Å². The maximum atomic E-state index is 12.0. The molecule has 0 nitrogen and oxygen atoms in total. The molecule has 0 saturated heterocycles. The molecule has 0 fully saturated rings. The molecule has 56 heteroatoms. The Morgan fingerprint density at radius 2 is 0.814 bits per heavy atom. The highest BCUT2D eigenvalue weighted by atomic mass is 32.3. The number of allylic oxidation sites excluding steroid dienone is 7. The van der Waals surface area contributed by atoms with Crippen molar-refractivity contribution in [3.8, 4) is 0 Å². The number of thiocarbonyl (C=S) groups is 3. The quantitative estimate of drug-likeness (QED) is 0.154. The zero-order chi connectivity index (χ0) is 70.9. The summed E-state index contributed by atoms with van der Waals surface area (Å²) in [5.41, 5.74) is -7.77. The number of halogens is 48. The van der Waals surface area contributed by atoms with Crippen molar-refractivity contribution in [3.63, 3.8) is 0 Å². The topological polar surface area (TPSA) is 0 Å². The van der Waals surface area contributed by atoms with Crippen LogP contribution in [0.5, 0.6) is 0 Å². The van der Waals surface area contributed by atoms with Crippen LogP contribution in [0.15, 0.2) is 83.1 Å². The lowest BCUT2D eigenvalue weighted by Gasteiger charge is -2.15. The molecule has 0 amide bonds. The molecule has 4 aliphatic rings. The largest absolute Gasteiger partial charge is 0.461 e. The third-order valence-corrected chi connectivity index (χ3v) is 11.5. The third kappa shape index (κ3) is 26.6. The lowest BCUT2D eigenvalue weighted by atomic mass is 10.3. The highest BCUT2D eigenvalue weighted by Crippen LogP contribution is 2.72. The highest BCUT2D eigenvalue weighted by Gasteiger charge is 2.68. The van der Waals surface area contributed by atoms with E-state index in [0.717, 1.165) is 0 Å². The molecule has 0 saturated carbocycles. The average Bonchev–Trinajstić information content (AvgIpc) is 4.06. The van der Waals surface area contributed by atoms with Crippen LogP contribution in [0.25, 0.3) is 0 Å². The summed E-state index contributed by atoms with van der Waals surface area (Å²) in [5, 5.41) is -28.4. The first-order chi connectivity index (χ1) is 37.2. The van der Waals surface area contributed by atoms with Gasteiger partial charge in [0, 0.05) is 23.5 Å². The summed E-state index contributed by atoms with van der Waals surface area (Å²) in [7, 11) is -5.63. The Kier molecular flexibility index (Phi) is 32.2. The van der Waals surface area contributed by atoms with Gasteiger partial charge in [-0.2, -0.15) is 189 Å². The van der Waals surface area contributed by atoms with Gasteiger partial charge < -0.3 is 0 Å². The molecule has 0 aliphatic carbocycles. The van der Waals surface area contributed by atoms with Crippen LogP contribution in [0.4, 0.5) is 210 Å². The molecule has 0 aromatic carbocycles. The van der Waals surface area contributed by atoms with E-state index in [1.54, 1.807) is 0 Å². The number of hydrogen-bond acceptors (Lipinski definition) is 7. The van der Waals surface area contributed by atoms with Crippen molar-refractivity contribution >= 4 is 110 Å². The van der Waals surface area contributed by atoms with Crippen molar-refractivity contribution < 1.29 is 210 Å². The smallest absolute Gasteiger partial charge is 0.201 e. The van der Waals surface area contributed by atoms with E-state index < -0.39 is 209 Å². The molecule has 0 spiro atoms. The van der Waals surface area contributed by atoms with E-state index >= 15 is 0 Å². The second kappa shape index (κ2) is 31.1. The first-order valence-corrected chi connectivity index (χ1v) is 22.8. The fourth-order valence-corrected chi connectivity index (χ4v) is 6.10. The lowest BCUT2D eigenvalue weighted by molar-refractivity contribution is -0.251. The van der Waals surface area contributed by atoms with Crippen LogP contribution < -0.4 is 0 Å². The van der Waals surface area contributed by atoms with Gasteiger partial charge in [0.2, 0.25) is 60.7 Å². The number of hydrogen-bond donors (Lipinski definition) is 0. The highest BCUT2D eigenvalue weighted by molar-refractivity contribution is 8.31. The maximum absolute atomic E-state index is 12.0. The van der Waals surface area contributed by atoms with Crippen LogP contribution in [0.1, 0.15) is 0 Å². The minimum Gasteiger partial charge on any atom is -0.201 e. The minimum absolute atomic E-state index is 0.266. The summed E-state index contributed by atoms with van der Waals surface area (Å²) in [4.78, 5) is -3.05. The molecule has 0 radical (unpaired) electrons. The fourth-order valence-electron chi connectivity index (χ4n) is 2.64. The molecule has 0 atom stereocenters. The molecular formula is C30F48S8. The van der Waals surface area contributed by atoms with E-state index in [1.807, 2.05) is 0 Å². The van der Waals surface area contributed by atoms with Crippen molar-refractivity contribution in [2.24, 2.45) is 0 Å². The van der Waals surface area contributed by atoms with E-state index in [1.165, 1.54) is 0 Å². The number of thioether (sulfide) groups is 4. The summed E-state index contributed by atoms with van der Waals surface area (Å²) < 4.78 is 553. The van der Waals surface area contributed by atoms with Gasteiger partial charge in [-0.15, -0.1) is 7.77 Å². The van der Waals surface area contributed by atoms with Gasteiger partial charge in [0.1, 0.15) is 9.81 Å². The van der Waals surface area contributed by atoms with Crippen LogP contribution >= 0.6 is 94.5 Å². The second-order valence-corrected chi connectivity index (χ2v) is 19.2. The van der Waals surface area contributed by atoms with Crippen molar-refractivity contribution in [1.82, 2.24) is 0 Å². The van der Waals surface area contributed by atoms with Crippen LogP contribution in [0.2, 0.25) is 0 Å². The molecule has 0 N–H and O–H groups in total. The Balaban J connectivity index is -0.000000447. The van der Waals surface area contributed by atoms with Crippen LogP contribution in [-0.4, -0.2) is 85.2 Å². The van der Waals surface area contributed by atoms with E-state index in [0.29, 0.717) is 5.02 Å². The SMILES string of the molecule is FC(=S)C(F)(F)C(F)(F)F.FC(=S)C(F)(F)C(F)=C(F)F.FC(F)(F)C(=C=S)C(F)(F)F.FC(F)(F)C1=C(C(F)(F)F)S1.FC(F)=C(F)SC(F)(F)F.FC1=C(F)C(F)(F)C(F)(F)S1.FC1=C(F)C(F)(F)SC1(F)F.FC1=C(F)S(F)(F)C(F)=C1F. The average molecular weight is 1530 g/mol. The Morgan fingerprint density at radius 1 is 0.488 bits per heavy atom. The molecule has 504 valence electrons. The van der Waals surface area contributed by atoms with Crippen LogP contribution in [-0.2, 0) is 0 Å². The van der Waals surface area contributed by atoms with Gasteiger partial charge in [0.25, 0.3) is 0 Å². The maximum Gasteiger partial charge on any atom is 0.461 e. The van der Waals surface area contributed by atoms with Crippen LogP contribution in [0.3, 0.4) is 0 Å². The Morgan fingerprint density at radius 3 is 0.884 bits per heavy atom. The van der Waals surface area contributed by atoms with E-state index in [4.69, 9.17) is 0 Å². The van der Waals surface area contributed by atoms with Gasteiger partial charge in [-0.25, -0.2) is 13.2 Å². The molecule has 4 heterocycles. The number of rotatable bonds is 4. The summed E-state index contributed by atoms with van der Waals surface area (Å²) in [6, 6.07) is 0. The monoisotopic (exact) mass is 1530 g/mol. The van der Waals surface area contributed by atoms with Gasteiger partial charge in [-0.1, -0.05) is 11.8 Å². The number of alkyl halides is 30. The summed E-state index contributed by atoms with van der Waals surface area (Å²) in [6.45, 7) is 0. The van der Waals surface area contributed by atoms with Gasteiger partial charge >= 0.3 is 82.1 Å². The fraction of sp³-hybridized carbons (Fsp3) is 0.400. The predicted molar refractivity (Wildman–Crippen MR) is 214 cm³/mol. The predicted octanol–water partition coefficient (Wildman–Crippen LogP) is 24.4. The molecule has 0 unspecified atom stereocenters. The summed E-state index contributed by atoms with van der Waals surface area (Å²) in [6.07, 6.45) is -32.8. The first kappa shape index (κ1) is 89.0. The van der Waals surface area contributed by atoms with Gasteiger partial charge in [0.05, 0.1) is 0 Å². The van der Waals surface area contributed by atoms with Crippen molar-refractivity contribution in [3.05, 3.63) is 83.1 Å². The normalized spacial score (nSPS) is 18.8. The molecule has 4 aliphatic heterocycles. The zero-order valence-electron chi connectivity index (χ0n) is 36.4. The molecule has 0 aromatic heterocycles.